The molecule has 0 bridgehead atoms. The Labute approximate surface area is 113 Å². The van der Waals surface area contributed by atoms with E-state index in [4.69, 9.17) is 5.26 Å². The quantitative estimate of drug-likeness (QED) is 0.814. The topological polar surface area (TPSA) is 44.1 Å². The smallest absolute Gasteiger partial charge is 0.227 e. The van der Waals surface area contributed by atoms with Crippen LogP contribution in [0.15, 0.2) is 12.1 Å². The summed E-state index contributed by atoms with van der Waals surface area (Å²) in [6, 6.07) is 5.95. The van der Waals surface area contributed by atoms with Gasteiger partial charge in [-0.1, -0.05) is 0 Å². The van der Waals surface area contributed by atoms with E-state index in [2.05, 4.69) is 6.07 Å². The number of nitriles is 1. The monoisotopic (exact) mass is 254 g/mol. The predicted molar refractivity (Wildman–Crippen MR) is 73.8 cm³/mol. The van der Waals surface area contributed by atoms with Crippen LogP contribution >= 0.6 is 0 Å². The van der Waals surface area contributed by atoms with E-state index < -0.39 is 0 Å². The Morgan fingerprint density at radius 1 is 1.21 bits per heavy atom. The molecule has 0 aromatic heterocycles. The average molecular weight is 254 g/mol. The molecule has 98 valence electrons. The molecule has 2 aliphatic rings. The highest BCUT2D eigenvalue weighted by molar-refractivity contribution is 5.96. The van der Waals surface area contributed by atoms with Crippen molar-refractivity contribution in [3.8, 4) is 6.07 Å². The third kappa shape index (κ3) is 2.02. The zero-order valence-electron chi connectivity index (χ0n) is 11.4. The molecule has 1 unspecified atom stereocenters. The maximum Gasteiger partial charge on any atom is 0.227 e. The summed E-state index contributed by atoms with van der Waals surface area (Å²) in [4.78, 5) is 14.1. The predicted octanol–water partition coefficient (Wildman–Crippen LogP) is 2.94. The lowest BCUT2D eigenvalue weighted by Gasteiger charge is -2.21. The lowest BCUT2D eigenvalue weighted by Crippen LogP contribution is -2.25. The fourth-order valence-corrected chi connectivity index (χ4v) is 3.07. The van der Waals surface area contributed by atoms with Crippen LogP contribution in [0.5, 0.6) is 0 Å². The highest BCUT2D eigenvalue weighted by Gasteiger charge is 2.40. The van der Waals surface area contributed by atoms with Crippen molar-refractivity contribution in [3.63, 3.8) is 0 Å². The molecule has 1 aliphatic carbocycles. The summed E-state index contributed by atoms with van der Waals surface area (Å²) in [7, 11) is 0. The van der Waals surface area contributed by atoms with E-state index >= 15 is 0 Å². The van der Waals surface area contributed by atoms with Crippen molar-refractivity contribution in [2.24, 2.45) is 11.8 Å². The minimum Gasteiger partial charge on any atom is -0.312 e. The van der Waals surface area contributed by atoms with Gasteiger partial charge in [0.15, 0.2) is 0 Å². The third-order valence-corrected chi connectivity index (χ3v) is 4.61. The van der Waals surface area contributed by atoms with Crippen LogP contribution < -0.4 is 4.90 Å². The number of carbonyl (C=O) groups is 1. The number of hydrogen-bond acceptors (Lipinski definition) is 2. The van der Waals surface area contributed by atoms with E-state index in [-0.39, 0.29) is 5.91 Å². The summed E-state index contributed by atoms with van der Waals surface area (Å²) in [5.74, 6) is 1.56. The molecule has 1 aromatic carbocycles. The maximum atomic E-state index is 12.2. The van der Waals surface area contributed by atoms with Crippen LogP contribution in [0.3, 0.4) is 0 Å². The van der Waals surface area contributed by atoms with E-state index in [1.54, 1.807) is 0 Å². The van der Waals surface area contributed by atoms with Gasteiger partial charge < -0.3 is 4.90 Å². The zero-order chi connectivity index (χ0) is 13.6. The first-order valence-corrected chi connectivity index (χ1v) is 6.92. The van der Waals surface area contributed by atoms with Crippen LogP contribution in [-0.2, 0) is 4.79 Å². The number of amides is 1. The summed E-state index contributed by atoms with van der Waals surface area (Å²) in [5, 5.41) is 9.04. The standard InChI is InChI=1S/C16H18N2O/c1-10-11(2)15(6-5-13(10)8-17)18-9-14(7-16(18)19)12-3-4-12/h5-6,12,14H,3-4,7,9H2,1-2H3. The summed E-state index contributed by atoms with van der Waals surface area (Å²) >= 11 is 0. The molecular weight excluding hydrogens is 236 g/mol. The molecule has 3 rings (SSSR count). The van der Waals surface area contributed by atoms with E-state index in [0.29, 0.717) is 17.9 Å². The second-order valence-electron chi connectivity index (χ2n) is 5.80. The van der Waals surface area contributed by atoms with Crippen molar-refractivity contribution in [1.29, 1.82) is 5.26 Å². The Bertz CT molecular complexity index is 581. The molecule has 0 radical (unpaired) electrons. The fraction of sp³-hybridized carbons (Fsp3) is 0.500. The first-order chi connectivity index (χ1) is 9.11. The van der Waals surface area contributed by atoms with Crippen LogP contribution in [0, 0.1) is 37.0 Å². The summed E-state index contributed by atoms with van der Waals surface area (Å²) in [6.45, 7) is 4.81. The van der Waals surface area contributed by atoms with Gasteiger partial charge in [-0.25, -0.2) is 0 Å². The molecule has 2 fully saturated rings. The van der Waals surface area contributed by atoms with Crippen molar-refractivity contribution in [2.45, 2.75) is 33.1 Å². The molecule has 1 atom stereocenters. The van der Waals surface area contributed by atoms with Gasteiger partial charge in [0.1, 0.15) is 0 Å². The SMILES string of the molecule is Cc1c(C#N)ccc(N2CC(C3CC3)CC2=O)c1C. The van der Waals surface area contributed by atoms with Crippen LogP contribution in [0.4, 0.5) is 5.69 Å². The first kappa shape index (κ1) is 12.2. The number of hydrogen-bond donors (Lipinski definition) is 0. The Kier molecular flexibility index (Phi) is 2.82. The van der Waals surface area contributed by atoms with Crippen molar-refractivity contribution in [2.75, 3.05) is 11.4 Å². The molecule has 0 N–H and O–H groups in total. The third-order valence-electron chi connectivity index (χ3n) is 4.61. The molecule has 3 heteroatoms. The lowest BCUT2D eigenvalue weighted by atomic mass is 10.0. The largest absolute Gasteiger partial charge is 0.312 e. The average Bonchev–Trinajstić information content (AvgIpc) is 3.17. The fourth-order valence-electron chi connectivity index (χ4n) is 3.07. The van der Waals surface area contributed by atoms with Gasteiger partial charge in [-0.15, -0.1) is 0 Å². The summed E-state index contributed by atoms with van der Waals surface area (Å²) in [5.41, 5.74) is 3.74. The molecule has 1 amide bonds. The van der Waals surface area contributed by atoms with Crippen molar-refractivity contribution in [3.05, 3.63) is 28.8 Å². The molecular formula is C16H18N2O. The number of rotatable bonds is 2. The van der Waals surface area contributed by atoms with E-state index in [0.717, 1.165) is 29.3 Å². The van der Waals surface area contributed by atoms with Gasteiger partial charge in [0.2, 0.25) is 5.91 Å². The first-order valence-electron chi connectivity index (χ1n) is 6.92. The summed E-state index contributed by atoms with van der Waals surface area (Å²) in [6.07, 6.45) is 3.28. The van der Waals surface area contributed by atoms with E-state index in [1.165, 1.54) is 12.8 Å². The molecule has 1 heterocycles. The van der Waals surface area contributed by atoms with E-state index in [1.807, 2.05) is 30.9 Å². The lowest BCUT2D eigenvalue weighted by molar-refractivity contribution is -0.117. The maximum absolute atomic E-state index is 12.2. The molecule has 1 saturated carbocycles. The molecule has 1 aromatic rings. The number of benzene rings is 1. The van der Waals surface area contributed by atoms with Crippen LogP contribution in [0.1, 0.15) is 36.0 Å². The van der Waals surface area contributed by atoms with Gasteiger partial charge in [0.05, 0.1) is 11.6 Å². The van der Waals surface area contributed by atoms with Gasteiger partial charge in [-0.2, -0.15) is 5.26 Å². The van der Waals surface area contributed by atoms with Gasteiger partial charge >= 0.3 is 0 Å². The number of anilines is 1. The number of carbonyl (C=O) groups excluding carboxylic acids is 1. The molecule has 3 nitrogen and oxygen atoms in total. The molecule has 1 saturated heterocycles. The Hall–Kier alpha value is -1.82. The minimum atomic E-state index is 0.240. The van der Waals surface area contributed by atoms with Crippen molar-refractivity contribution in [1.82, 2.24) is 0 Å². The van der Waals surface area contributed by atoms with Crippen molar-refractivity contribution < 1.29 is 4.79 Å². The van der Waals surface area contributed by atoms with Gasteiger partial charge in [0, 0.05) is 18.7 Å². The van der Waals surface area contributed by atoms with Crippen LogP contribution in [0.25, 0.3) is 0 Å². The van der Waals surface area contributed by atoms with Crippen molar-refractivity contribution >= 4 is 11.6 Å². The van der Waals surface area contributed by atoms with E-state index in [9.17, 15) is 4.79 Å². The Balaban J connectivity index is 1.92. The normalized spacial score (nSPS) is 22.7. The van der Waals surface area contributed by atoms with Gasteiger partial charge in [-0.3, -0.25) is 4.79 Å². The van der Waals surface area contributed by atoms with Crippen LogP contribution in [0.2, 0.25) is 0 Å². The molecule has 1 aliphatic heterocycles. The second-order valence-corrected chi connectivity index (χ2v) is 5.80. The zero-order valence-corrected chi connectivity index (χ0v) is 11.4. The highest BCUT2D eigenvalue weighted by atomic mass is 16.2. The second kappa shape index (κ2) is 4.38. The highest BCUT2D eigenvalue weighted by Crippen LogP contribution is 2.43. The number of nitrogens with zero attached hydrogens (tertiary/aromatic N) is 2. The summed E-state index contributed by atoms with van der Waals surface area (Å²) < 4.78 is 0. The molecule has 19 heavy (non-hydrogen) atoms. The van der Waals surface area contributed by atoms with Gasteiger partial charge in [-0.05, 0) is 61.8 Å². The van der Waals surface area contributed by atoms with Crippen LogP contribution in [-0.4, -0.2) is 12.5 Å². The van der Waals surface area contributed by atoms with Gasteiger partial charge in [0.25, 0.3) is 0 Å². The molecule has 0 spiro atoms. The Morgan fingerprint density at radius 3 is 2.58 bits per heavy atom. The Morgan fingerprint density at radius 2 is 1.95 bits per heavy atom. The minimum absolute atomic E-state index is 0.240.